The van der Waals surface area contributed by atoms with Crippen molar-refractivity contribution >= 4 is 21.4 Å². The van der Waals surface area contributed by atoms with E-state index in [0.29, 0.717) is 17.3 Å². The van der Waals surface area contributed by atoms with Gasteiger partial charge in [-0.1, -0.05) is 6.92 Å². The van der Waals surface area contributed by atoms with Crippen LogP contribution in [0.15, 0.2) is 39.2 Å². The first-order valence-electron chi connectivity index (χ1n) is 7.43. The van der Waals surface area contributed by atoms with Gasteiger partial charge in [0.05, 0.1) is 12.8 Å². The maximum absolute atomic E-state index is 12.6. The molecule has 0 unspecified atom stereocenters. The van der Waals surface area contributed by atoms with Crippen molar-refractivity contribution in [2.24, 2.45) is 0 Å². The van der Waals surface area contributed by atoms with Crippen molar-refractivity contribution in [1.82, 2.24) is 9.21 Å². The highest BCUT2D eigenvalue weighted by Crippen LogP contribution is 2.26. The van der Waals surface area contributed by atoms with Crippen molar-refractivity contribution in [1.29, 1.82) is 0 Å². The van der Waals surface area contributed by atoms with E-state index in [1.807, 2.05) is 25.1 Å². The molecule has 2 aromatic heterocycles. The Hall–Kier alpha value is -1.15. The molecule has 5 nitrogen and oxygen atoms in total. The van der Waals surface area contributed by atoms with Gasteiger partial charge in [-0.15, -0.1) is 11.3 Å². The van der Waals surface area contributed by atoms with Crippen LogP contribution in [0.5, 0.6) is 0 Å². The number of rotatable bonds is 5. The molecule has 3 heterocycles. The maximum Gasteiger partial charge on any atom is 0.252 e. The summed E-state index contributed by atoms with van der Waals surface area (Å²) in [6.07, 6.45) is 2.54. The molecule has 1 fully saturated rings. The molecule has 0 spiro atoms. The summed E-state index contributed by atoms with van der Waals surface area (Å²) in [7, 11) is -3.33. The molecular weight excluding hydrogens is 320 g/mol. The lowest BCUT2D eigenvalue weighted by molar-refractivity contribution is 0.171. The van der Waals surface area contributed by atoms with Crippen LogP contribution in [-0.2, 0) is 23.0 Å². The second-order valence-electron chi connectivity index (χ2n) is 5.33. The highest BCUT2D eigenvalue weighted by molar-refractivity contribution is 7.91. The number of piperazine rings is 1. The lowest BCUT2D eigenvalue weighted by Crippen LogP contribution is -2.47. The Morgan fingerprint density at radius 2 is 1.95 bits per heavy atom. The molecule has 0 N–H and O–H groups in total. The van der Waals surface area contributed by atoms with Crippen LogP contribution in [0, 0.1) is 0 Å². The summed E-state index contributed by atoms with van der Waals surface area (Å²) in [5.74, 6) is 0.919. The Morgan fingerprint density at radius 3 is 2.55 bits per heavy atom. The minimum atomic E-state index is -3.33. The van der Waals surface area contributed by atoms with E-state index < -0.39 is 10.0 Å². The van der Waals surface area contributed by atoms with Gasteiger partial charge in [-0.25, -0.2) is 8.42 Å². The number of furan rings is 1. The molecule has 2 aromatic rings. The zero-order valence-corrected chi connectivity index (χ0v) is 14.2. The van der Waals surface area contributed by atoms with Gasteiger partial charge in [0.2, 0.25) is 0 Å². The van der Waals surface area contributed by atoms with Gasteiger partial charge in [0.15, 0.2) is 0 Å². The summed E-state index contributed by atoms with van der Waals surface area (Å²) < 4.78 is 32.7. The van der Waals surface area contributed by atoms with Crippen molar-refractivity contribution in [3.05, 3.63) is 41.2 Å². The highest BCUT2D eigenvalue weighted by Gasteiger charge is 2.29. The SMILES string of the molecule is CCc1ccc(S(=O)(=O)N2CCN(Cc3ccco3)CC2)s1. The molecule has 3 rings (SSSR count). The first-order valence-corrected chi connectivity index (χ1v) is 9.69. The second-order valence-corrected chi connectivity index (χ2v) is 8.67. The summed E-state index contributed by atoms with van der Waals surface area (Å²) in [5.41, 5.74) is 0. The number of nitrogens with zero attached hydrogens (tertiary/aromatic N) is 2. The van der Waals surface area contributed by atoms with E-state index in [2.05, 4.69) is 4.90 Å². The first-order chi connectivity index (χ1) is 10.6. The quantitative estimate of drug-likeness (QED) is 0.839. The maximum atomic E-state index is 12.6. The van der Waals surface area contributed by atoms with Gasteiger partial charge in [-0.05, 0) is 30.7 Å². The van der Waals surface area contributed by atoms with Crippen molar-refractivity contribution in [2.75, 3.05) is 26.2 Å². The lowest BCUT2D eigenvalue weighted by atomic mass is 10.3. The topological polar surface area (TPSA) is 53.8 Å². The van der Waals surface area contributed by atoms with Crippen molar-refractivity contribution < 1.29 is 12.8 Å². The van der Waals surface area contributed by atoms with Gasteiger partial charge in [0.1, 0.15) is 9.97 Å². The van der Waals surface area contributed by atoms with Crippen LogP contribution < -0.4 is 0 Å². The van der Waals surface area contributed by atoms with Crippen molar-refractivity contribution in [2.45, 2.75) is 24.1 Å². The third-order valence-corrected chi connectivity index (χ3v) is 7.47. The standard InChI is InChI=1S/C15H20N2O3S2/c1-2-14-5-6-15(21-14)22(18,19)17-9-7-16(8-10-17)12-13-4-3-11-20-13/h3-6,11H,2,7-10,12H2,1H3. The van der Waals surface area contributed by atoms with Crippen molar-refractivity contribution in [3.63, 3.8) is 0 Å². The van der Waals surface area contributed by atoms with E-state index in [0.717, 1.165) is 36.7 Å². The molecule has 0 saturated carbocycles. The van der Waals surface area contributed by atoms with E-state index >= 15 is 0 Å². The molecule has 1 aliphatic rings. The number of sulfonamides is 1. The normalized spacial score (nSPS) is 17.9. The van der Waals surface area contributed by atoms with Crippen LogP contribution in [0.25, 0.3) is 0 Å². The third-order valence-electron chi connectivity index (χ3n) is 3.87. The van der Waals surface area contributed by atoms with Crippen LogP contribution in [-0.4, -0.2) is 43.8 Å². The van der Waals surface area contributed by atoms with Crippen LogP contribution >= 0.6 is 11.3 Å². The molecule has 7 heteroatoms. The molecule has 22 heavy (non-hydrogen) atoms. The molecule has 0 amide bonds. The van der Waals surface area contributed by atoms with E-state index in [1.54, 1.807) is 16.6 Å². The molecule has 120 valence electrons. The molecular formula is C15H20N2O3S2. The van der Waals surface area contributed by atoms with Crippen LogP contribution in [0.4, 0.5) is 0 Å². The summed E-state index contributed by atoms with van der Waals surface area (Å²) in [5, 5.41) is 0. The van der Waals surface area contributed by atoms with E-state index in [4.69, 9.17) is 4.42 Å². The van der Waals surface area contributed by atoms with Crippen LogP contribution in [0.2, 0.25) is 0 Å². The minimum absolute atomic E-state index is 0.462. The predicted molar refractivity (Wildman–Crippen MR) is 86.4 cm³/mol. The summed E-state index contributed by atoms with van der Waals surface area (Å²) >= 11 is 1.38. The molecule has 1 aliphatic heterocycles. The predicted octanol–water partition coefficient (Wildman–Crippen LogP) is 2.41. The van der Waals surface area contributed by atoms with Gasteiger partial charge in [0, 0.05) is 31.1 Å². The fourth-order valence-electron chi connectivity index (χ4n) is 2.57. The molecule has 0 aliphatic carbocycles. The molecule has 0 aromatic carbocycles. The Kier molecular flexibility index (Phi) is 4.67. The Balaban J connectivity index is 1.62. The fraction of sp³-hybridized carbons (Fsp3) is 0.467. The molecule has 0 radical (unpaired) electrons. The second kappa shape index (κ2) is 6.54. The third kappa shape index (κ3) is 3.27. The smallest absolute Gasteiger partial charge is 0.252 e. The lowest BCUT2D eigenvalue weighted by Gasteiger charge is -2.33. The Morgan fingerprint density at radius 1 is 1.18 bits per heavy atom. The minimum Gasteiger partial charge on any atom is -0.468 e. The molecule has 0 atom stereocenters. The summed E-state index contributed by atoms with van der Waals surface area (Å²) in [4.78, 5) is 3.33. The van der Waals surface area contributed by atoms with Gasteiger partial charge in [-0.2, -0.15) is 4.31 Å². The van der Waals surface area contributed by atoms with E-state index in [-0.39, 0.29) is 0 Å². The zero-order valence-electron chi connectivity index (χ0n) is 12.6. The van der Waals surface area contributed by atoms with Gasteiger partial charge in [0.25, 0.3) is 10.0 Å². The first kappa shape index (κ1) is 15.7. The average molecular weight is 340 g/mol. The number of thiophene rings is 1. The Labute approximate surface area is 135 Å². The summed E-state index contributed by atoms with van der Waals surface area (Å²) in [6.45, 7) is 5.29. The largest absolute Gasteiger partial charge is 0.468 e. The molecule has 1 saturated heterocycles. The molecule has 0 bridgehead atoms. The van der Waals surface area contributed by atoms with Gasteiger partial charge in [-0.3, -0.25) is 4.90 Å². The number of aryl methyl sites for hydroxylation is 1. The zero-order chi connectivity index (χ0) is 15.6. The monoisotopic (exact) mass is 340 g/mol. The van der Waals surface area contributed by atoms with E-state index in [1.165, 1.54) is 11.3 Å². The fourth-order valence-corrected chi connectivity index (χ4v) is 5.44. The van der Waals surface area contributed by atoms with Crippen LogP contribution in [0.3, 0.4) is 0 Å². The van der Waals surface area contributed by atoms with E-state index in [9.17, 15) is 8.42 Å². The average Bonchev–Trinajstić information content (AvgIpc) is 3.19. The number of hydrogen-bond donors (Lipinski definition) is 0. The highest BCUT2D eigenvalue weighted by atomic mass is 32.2. The van der Waals surface area contributed by atoms with Crippen LogP contribution in [0.1, 0.15) is 17.6 Å². The number of hydrogen-bond acceptors (Lipinski definition) is 5. The Bertz CT molecular complexity index is 699. The van der Waals surface area contributed by atoms with Gasteiger partial charge >= 0.3 is 0 Å². The van der Waals surface area contributed by atoms with Gasteiger partial charge < -0.3 is 4.42 Å². The summed E-state index contributed by atoms with van der Waals surface area (Å²) in [6, 6.07) is 7.46. The van der Waals surface area contributed by atoms with Crippen molar-refractivity contribution in [3.8, 4) is 0 Å².